The van der Waals surface area contributed by atoms with Gasteiger partial charge in [0.15, 0.2) is 0 Å². The normalized spacial score (nSPS) is 33.5. The fourth-order valence-electron chi connectivity index (χ4n) is 4.08. The van der Waals surface area contributed by atoms with Crippen molar-refractivity contribution in [2.45, 2.75) is 36.5 Å². The van der Waals surface area contributed by atoms with Crippen LogP contribution in [0.3, 0.4) is 0 Å². The van der Waals surface area contributed by atoms with Crippen molar-refractivity contribution in [3.63, 3.8) is 0 Å². The maximum Gasteiger partial charge on any atom is 0.417 e. The Balaban J connectivity index is 1.77. The molecule has 4 rings (SSSR count). The SMILES string of the molecule is N#Cc1ccc(N2C[C@@H]3[C@@H]([C@H]4CC[C@@H]3O4)S2(=O)=O)cc1C(F)(F)F. The van der Waals surface area contributed by atoms with Gasteiger partial charge >= 0.3 is 6.18 Å². The van der Waals surface area contributed by atoms with Gasteiger partial charge in [-0.1, -0.05) is 0 Å². The molecule has 3 fully saturated rings. The summed E-state index contributed by atoms with van der Waals surface area (Å²) in [5.41, 5.74) is -1.68. The van der Waals surface area contributed by atoms with E-state index in [1.54, 1.807) is 0 Å². The van der Waals surface area contributed by atoms with Crippen molar-refractivity contribution < 1.29 is 26.3 Å². The Morgan fingerprint density at radius 2 is 1.96 bits per heavy atom. The smallest absolute Gasteiger partial charge is 0.373 e. The van der Waals surface area contributed by atoms with E-state index in [0.29, 0.717) is 6.42 Å². The van der Waals surface area contributed by atoms with Gasteiger partial charge < -0.3 is 4.74 Å². The van der Waals surface area contributed by atoms with Crippen LogP contribution in [0.25, 0.3) is 0 Å². The molecule has 9 heteroatoms. The molecule has 3 heterocycles. The number of halogens is 3. The van der Waals surface area contributed by atoms with Crippen LogP contribution in [0, 0.1) is 17.2 Å². The summed E-state index contributed by atoms with van der Waals surface area (Å²) in [5.74, 6) is -0.210. The maximum absolute atomic E-state index is 13.1. The van der Waals surface area contributed by atoms with Gasteiger partial charge in [0.1, 0.15) is 5.25 Å². The molecule has 0 aromatic heterocycles. The molecule has 0 radical (unpaired) electrons. The molecule has 0 aliphatic carbocycles. The first-order valence-corrected chi connectivity index (χ1v) is 9.02. The maximum atomic E-state index is 13.1. The lowest BCUT2D eigenvalue weighted by molar-refractivity contribution is -0.137. The van der Waals surface area contributed by atoms with E-state index >= 15 is 0 Å². The summed E-state index contributed by atoms with van der Waals surface area (Å²) >= 11 is 0. The molecule has 1 aromatic rings. The van der Waals surface area contributed by atoms with Crippen LogP contribution in [-0.4, -0.2) is 32.4 Å². The molecule has 0 unspecified atom stereocenters. The number of hydrogen-bond donors (Lipinski definition) is 0. The van der Waals surface area contributed by atoms with E-state index < -0.39 is 32.6 Å². The predicted octanol–water partition coefficient (Wildman–Crippen LogP) is 2.27. The van der Waals surface area contributed by atoms with Gasteiger partial charge in [-0.15, -0.1) is 0 Å². The molecule has 0 spiro atoms. The highest BCUT2D eigenvalue weighted by Crippen LogP contribution is 2.49. The standard InChI is InChI=1S/C15H13F3N2O3S/c16-15(17,18)11-5-9(2-1-8(11)6-19)20-7-10-12-3-4-13(23-12)14(10)24(20,21)22/h1-2,5,10,12-14H,3-4,7H2/t10-,12-,13+,14-/m0/s1. The molecule has 3 aliphatic heterocycles. The monoisotopic (exact) mass is 358 g/mol. The van der Waals surface area contributed by atoms with Crippen molar-refractivity contribution in [1.29, 1.82) is 5.26 Å². The van der Waals surface area contributed by atoms with E-state index in [2.05, 4.69) is 0 Å². The lowest BCUT2D eigenvalue weighted by atomic mass is 9.89. The molecule has 5 nitrogen and oxygen atoms in total. The molecule has 0 saturated carbocycles. The third kappa shape index (κ3) is 2.06. The minimum Gasteiger partial charge on any atom is -0.373 e. The molecule has 3 saturated heterocycles. The largest absolute Gasteiger partial charge is 0.417 e. The molecule has 4 atom stereocenters. The van der Waals surface area contributed by atoms with E-state index in [9.17, 15) is 21.6 Å². The lowest BCUT2D eigenvalue weighted by Crippen LogP contribution is -2.36. The Morgan fingerprint density at radius 1 is 1.25 bits per heavy atom. The van der Waals surface area contributed by atoms with Crippen LogP contribution in [0.15, 0.2) is 18.2 Å². The number of sulfonamides is 1. The van der Waals surface area contributed by atoms with Crippen molar-refractivity contribution in [2.24, 2.45) is 5.92 Å². The predicted molar refractivity (Wildman–Crippen MR) is 77.6 cm³/mol. The quantitative estimate of drug-likeness (QED) is 0.772. The van der Waals surface area contributed by atoms with Gasteiger partial charge in [-0.2, -0.15) is 18.4 Å². The third-order valence-corrected chi connectivity index (χ3v) is 7.41. The Bertz CT molecular complexity index is 847. The van der Waals surface area contributed by atoms with E-state index in [-0.39, 0.29) is 30.4 Å². The van der Waals surface area contributed by atoms with Gasteiger partial charge in [-0.05, 0) is 31.0 Å². The van der Waals surface area contributed by atoms with Crippen LogP contribution in [0.5, 0.6) is 0 Å². The van der Waals surface area contributed by atoms with Gasteiger partial charge in [-0.3, -0.25) is 4.31 Å². The van der Waals surface area contributed by atoms with Crippen molar-refractivity contribution in [2.75, 3.05) is 10.8 Å². The van der Waals surface area contributed by atoms with Crippen molar-refractivity contribution in [3.8, 4) is 6.07 Å². The first-order chi connectivity index (χ1) is 11.2. The number of alkyl halides is 3. The van der Waals surface area contributed by atoms with E-state index in [1.807, 2.05) is 0 Å². The average molecular weight is 358 g/mol. The number of anilines is 1. The van der Waals surface area contributed by atoms with Crippen molar-refractivity contribution in [1.82, 2.24) is 0 Å². The number of nitrogens with zero attached hydrogens (tertiary/aromatic N) is 2. The van der Waals surface area contributed by atoms with Crippen LogP contribution in [-0.2, 0) is 20.9 Å². The first-order valence-electron chi connectivity index (χ1n) is 7.52. The summed E-state index contributed by atoms with van der Waals surface area (Å²) in [6.45, 7) is 0.122. The minimum absolute atomic E-state index is 0.0462. The molecule has 128 valence electrons. The first kappa shape index (κ1) is 15.7. The van der Waals surface area contributed by atoms with Gasteiger partial charge in [0, 0.05) is 12.5 Å². The number of nitriles is 1. The van der Waals surface area contributed by atoms with E-state index in [0.717, 1.165) is 22.9 Å². The second kappa shape index (κ2) is 4.86. The molecular weight excluding hydrogens is 345 g/mol. The van der Waals surface area contributed by atoms with E-state index in [1.165, 1.54) is 12.1 Å². The van der Waals surface area contributed by atoms with Crippen LogP contribution < -0.4 is 4.31 Å². The highest BCUT2D eigenvalue weighted by Gasteiger charge is 2.61. The molecule has 1 aromatic carbocycles. The fourth-order valence-corrected chi connectivity index (χ4v) is 6.45. The van der Waals surface area contributed by atoms with Crippen molar-refractivity contribution >= 4 is 15.7 Å². The summed E-state index contributed by atoms with van der Waals surface area (Å²) in [7, 11) is -3.77. The lowest BCUT2D eigenvalue weighted by Gasteiger charge is -2.22. The number of benzene rings is 1. The number of ether oxygens (including phenoxy) is 1. The minimum atomic E-state index is -4.72. The van der Waals surface area contributed by atoms with Gasteiger partial charge in [0.05, 0.1) is 35.1 Å². The second-order valence-electron chi connectivity index (χ2n) is 6.33. The second-order valence-corrected chi connectivity index (χ2v) is 8.35. The topological polar surface area (TPSA) is 70.4 Å². The highest BCUT2D eigenvalue weighted by atomic mass is 32.2. The average Bonchev–Trinajstić information content (AvgIpc) is 3.18. The summed E-state index contributed by atoms with van der Waals surface area (Å²) in [4.78, 5) is 0. The highest BCUT2D eigenvalue weighted by molar-refractivity contribution is 7.93. The number of rotatable bonds is 1. The molecule has 0 N–H and O–H groups in total. The number of hydrogen-bond acceptors (Lipinski definition) is 4. The Labute approximate surface area is 136 Å². The number of fused-ring (bicyclic) bond motifs is 5. The van der Waals surface area contributed by atoms with Crippen LogP contribution in [0.1, 0.15) is 24.0 Å². The zero-order chi connectivity index (χ0) is 17.3. The molecule has 3 aliphatic rings. The summed E-state index contributed by atoms with van der Waals surface area (Å²) in [6.07, 6.45) is -3.77. The molecule has 24 heavy (non-hydrogen) atoms. The van der Waals surface area contributed by atoms with Gasteiger partial charge in [0.25, 0.3) is 0 Å². The van der Waals surface area contributed by atoms with E-state index in [4.69, 9.17) is 10.00 Å². The van der Waals surface area contributed by atoms with Crippen LogP contribution in [0.4, 0.5) is 18.9 Å². The Hall–Kier alpha value is -1.79. The summed E-state index contributed by atoms with van der Waals surface area (Å²) in [5, 5.41) is 8.17. The van der Waals surface area contributed by atoms with Crippen molar-refractivity contribution in [3.05, 3.63) is 29.3 Å². The molecule has 2 bridgehead atoms. The Morgan fingerprint density at radius 3 is 2.58 bits per heavy atom. The molecular formula is C15H13F3N2O3S. The van der Waals surface area contributed by atoms with Gasteiger partial charge in [-0.25, -0.2) is 8.42 Å². The van der Waals surface area contributed by atoms with Gasteiger partial charge in [0.2, 0.25) is 10.0 Å². The molecule has 0 amide bonds. The third-order valence-electron chi connectivity index (χ3n) is 5.10. The Kier molecular flexibility index (Phi) is 3.19. The zero-order valence-corrected chi connectivity index (χ0v) is 13.1. The zero-order valence-electron chi connectivity index (χ0n) is 12.3. The van der Waals surface area contributed by atoms with Crippen LogP contribution in [0.2, 0.25) is 0 Å². The summed E-state index contributed by atoms with van der Waals surface area (Å²) in [6, 6.07) is 4.53. The van der Waals surface area contributed by atoms with Crippen LogP contribution >= 0.6 is 0 Å². The fraction of sp³-hybridized carbons (Fsp3) is 0.533. The summed E-state index contributed by atoms with van der Waals surface area (Å²) < 4.78 is 71.6.